The first kappa shape index (κ1) is 14.7. The van der Waals surface area contributed by atoms with Gasteiger partial charge < -0.3 is 9.73 Å². The van der Waals surface area contributed by atoms with E-state index in [2.05, 4.69) is 63.3 Å². The van der Waals surface area contributed by atoms with Gasteiger partial charge in [0.05, 0.1) is 6.26 Å². The lowest BCUT2D eigenvalue weighted by Crippen LogP contribution is -2.19. The minimum Gasteiger partial charge on any atom is -0.467 e. The zero-order valence-corrected chi connectivity index (χ0v) is 13.8. The number of tetrazole rings is 1. The second-order valence-electron chi connectivity index (χ2n) is 6.06. The maximum Gasteiger partial charge on any atom is 0.248 e. The number of allylic oxidation sites excluding steroid dienone is 1. The van der Waals surface area contributed by atoms with Crippen molar-refractivity contribution in [3.8, 4) is 11.1 Å². The predicted octanol–water partition coefficient (Wildman–Crippen LogP) is 3.99. The number of hydrogen-bond acceptors (Lipinski definition) is 5. The van der Waals surface area contributed by atoms with E-state index in [1.807, 2.05) is 30.3 Å². The Morgan fingerprint density at radius 3 is 2.38 bits per heavy atom. The van der Waals surface area contributed by atoms with Crippen molar-refractivity contribution in [1.29, 1.82) is 0 Å². The van der Waals surface area contributed by atoms with Crippen LogP contribution in [0.4, 0.5) is 5.95 Å². The Morgan fingerprint density at radius 1 is 0.846 bits per heavy atom. The Kier molecular flexibility index (Phi) is 3.38. The number of anilines is 1. The van der Waals surface area contributed by atoms with Gasteiger partial charge in [-0.25, -0.2) is 0 Å². The van der Waals surface area contributed by atoms with E-state index in [0.29, 0.717) is 5.95 Å². The van der Waals surface area contributed by atoms with Crippen molar-refractivity contribution in [3.05, 3.63) is 90.4 Å². The van der Waals surface area contributed by atoms with Crippen molar-refractivity contribution in [3.63, 3.8) is 0 Å². The quantitative estimate of drug-likeness (QED) is 0.610. The molecule has 1 N–H and O–H groups in total. The van der Waals surface area contributed by atoms with Crippen LogP contribution in [-0.2, 0) is 0 Å². The predicted molar refractivity (Wildman–Crippen MR) is 98.1 cm³/mol. The van der Waals surface area contributed by atoms with E-state index in [1.54, 1.807) is 10.9 Å². The zero-order chi connectivity index (χ0) is 17.3. The topological polar surface area (TPSA) is 68.8 Å². The van der Waals surface area contributed by atoms with Gasteiger partial charge in [-0.2, -0.15) is 4.68 Å². The molecule has 0 fully saturated rings. The molecule has 0 aliphatic carbocycles. The number of rotatable bonds is 3. The lowest BCUT2D eigenvalue weighted by molar-refractivity contribution is 0.443. The van der Waals surface area contributed by atoms with Gasteiger partial charge >= 0.3 is 0 Å². The molecule has 0 spiro atoms. The van der Waals surface area contributed by atoms with Gasteiger partial charge in [-0.1, -0.05) is 59.7 Å². The van der Waals surface area contributed by atoms with Gasteiger partial charge in [0.25, 0.3) is 0 Å². The third-order valence-electron chi connectivity index (χ3n) is 4.47. The highest BCUT2D eigenvalue weighted by atomic mass is 16.3. The van der Waals surface area contributed by atoms with Crippen LogP contribution in [0.15, 0.2) is 83.5 Å². The second kappa shape index (κ2) is 6.00. The largest absolute Gasteiger partial charge is 0.467 e. The summed E-state index contributed by atoms with van der Waals surface area (Å²) in [7, 11) is 0. The summed E-state index contributed by atoms with van der Waals surface area (Å²) >= 11 is 0. The summed E-state index contributed by atoms with van der Waals surface area (Å²) in [5, 5.41) is 15.2. The van der Waals surface area contributed by atoms with Crippen LogP contribution >= 0.6 is 0 Å². The van der Waals surface area contributed by atoms with E-state index >= 15 is 0 Å². The van der Waals surface area contributed by atoms with Crippen molar-refractivity contribution in [2.75, 3.05) is 5.32 Å². The average molecular weight is 341 g/mol. The van der Waals surface area contributed by atoms with Gasteiger partial charge in [0.15, 0.2) is 0 Å². The van der Waals surface area contributed by atoms with Crippen molar-refractivity contribution < 1.29 is 4.42 Å². The van der Waals surface area contributed by atoms with E-state index in [1.165, 1.54) is 11.1 Å². The Morgan fingerprint density at radius 2 is 1.62 bits per heavy atom. The molecule has 126 valence electrons. The van der Waals surface area contributed by atoms with Crippen molar-refractivity contribution in [2.45, 2.75) is 6.04 Å². The molecule has 2 aromatic carbocycles. The molecule has 2 aromatic heterocycles. The third kappa shape index (κ3) is 2.48. The number of furan rings is 1. The van der Waals surface area contributed by atoms with Crippen LogP contribution in [0.3, 0.4) is 0 Å². The third-order valence-corrected chi connectivity index (χ3v) is 4.47. The molecular formula is C20H15N5O. The van der Waals surface area contributed by atoms with E-state index < -0.39 is 0 Å². The van der Waals surface area contributed by atoms with Crippen LogP contribution in [0.1, 0.15) is 17.4 Å². The monoisotopic (exact) mass is 341 g/mol. The number of hydrogen-bond donors (Lipinski definition) is 1. The normalized spacial score (nSPS) is 15.8. The molecule has 0 radical (unpaired) electrons. The number of nitrogens with one attached hydrogen (secondary N) is 1. The number of benzene rings is 2. The maximum atomic E-state index is 5.57. The maximum absolute atomic E-state index is 5.57. The first-order valence-corrected chi connectivity index (χ1v) is 8.34. The van der Waals surface area contributed by atoms with E-state index in [9.17, 15) is 0 Å². The summed E-state index contributed by atoms with van der Waals surface area (Å²) < 4.78 is 7.28. The van der Waals surface area contributed by atoms with Gasteiger partial charge in [-0.05, 0) is 45.3 Å². The van der Waals surface area contributed by atoms with E-state index in [0.717, 1.165) is 17.0 Å². The fourth-order valence-corrected chi connectivity index (χ4v) is 3.16. The molecule has 4 aromatic rings. The van der Waals surface area contributed by atoms with Crippen LogP contribution < -0.4 is 5.32 Å². The van der Waals surface area contributed by atoms with E-state index in [4.69, 9.17) is 4.42 Å². The molecule has 0 bridgehead atoms. The van der Waals surface area contributed by atoms with E-state index in [-0.39, 0.29) is 6.04 Å². The summed E-state index contributed by atoms with van der Waals surface area (Å²) in [6.45, 7) is 0. The summed E-state index contributed by atoms with van der Waals surface area (Å²) in [6, 6.07) is 22.4. The summed E-state index contributed by atoms with van der Waals surface area (Å²) in [5.41, 5.74) is 4.39. The smallest absolute Gasteiger partial charge is 0.248 e. The molecule has 0 saturated heterocycles. The molecule has 5 rings (SSSR count). The second-order valence-corrected chi connectivity index (χ2v) is 6.06. The van der Waals surface area contributed by atoms with Crippen LogP contribution in [0, 0.1) is 0 Å². The summed E-state index contributed by atoms with van der Waals surface area (Å²) in [5.74, 6) is 1.38. The minimum atomic E-state index is -0.181. The Labute approximate surface area is 149 Å². The highest BCUT2D eigenvalue weighted by Crippen LogP contribution is 2.32. The van der Waals surface area contributed by atoms with Crippen LogP contribution in [-0.4, -0.2) is 20.2 Å². The molecule has 1 atom stereocenters. The molecule has 6 nitrogen and oxygen atoms in total. The molecule has 3 heterocycles. The number of nitrogens with zero attached hydrogens (tertiary/aromatic N) is 4. The van der Waals surface area contributed by atoms with Gasteiger partial charge in [-0.3, -0.25) is 0 Å². The van der Waals surface area contributed by atoms with Gasteiger partial charge in [-0.15, -0.1) is 0 Å². The lowest BCUT2D eigenvalue weighted by atomic mass is 10.0. The Balaban J connectivity index is 1.52. The first-order chi connectivity index (χ1) is 12.9. The van der Waals surface area contributed by atoms with Crippen molar-refractivity contribution >= 4 is 11.6 Å². The standard InChI is InChI=1S/C20H15N5O/c1-2-5-14(6-3-1)15-8-10-16(11-9-15)17-13-18(19-7-4-12-26-19)25-20(21-17)22-23-24-25/h1-13,18H,(H,21,22,24). The van der Waals surface area contributed by atoms with Crippen LogP contribution in [0.25, 0.3) is 16.8 Å². The molecule has 1 aliphatic heterocycles. The van der Waals surface area contributed by atoms with Gasteiger partial charge in [0, 0.05) is 5.70 Å². The molecule has 1 aliphatic rings. The lowest BCUT2D eigenvalue weighted by Gasteiger charge is -2.21. The van der Waals surface area contributed by atoms with Gasteiger partial charge in [0.2, 0.25) is 5.95 Å². The molecule has 26 heavy (non-hydrogen) atoms. The molecule has 0 saturated carbocycles. The van der Waals surface area contributed by atoms with Crippen molar-refractivity contribution in [1.82, 2.24) is 20.2 Å². The fourth-order valence-electron chi connectivity index (χ4n) is 3.16. The highest BCUT2D eigenvalue weighted by molar-refractivity contribution is 5.78. The Bertz CT molecular complexity index is 1050. The number of aromatic nitrogens is 4. The fraction of sp³-hybridized carbons (Fsp3) is 0.0500. The SMILES string of the molecule is C1=C(c2ccc(-c3ccccc3)cc2)Nc2nnnn2C1c1ccco1. The van der Waals surface area contributed by atoms with Gasteiger partial charge in [0.1, 0.15) is 11.8 Å². The molecule has 6 heteroatoms. The van der Waals surface area contributed by atoms with Crippen LogP contribution in [0.2, 0.25) is 0 Å². The molecule has 1 unspecified atom stereocenters. The van der Waals surface area contributed by atoms with Crippen molar-refractivity contribution in [2.24, 2.45) is 0 Å². The number of fused-ring (bicyclic) bond motifs is 1. The molecular weight excluding hydrogens is 326 g/mol. The first-order valence-electron chi connectivity index (χ1n) is 8.34. The van der Waals surface area contributed by atoms with Crippen LogP contribution in [0.5, 0.6) is 0 Å². The molecule has 0 amide bonds. The Hall–Kier alpha value is -3.67. The summed E-state index contributed by atoms with van der Waals surface area (Å²) in [6.07, 6.45) is 3.73. The zero-order valence-electron chi connectivity index (χ0n) is 13.8. The summed E-state index contributed by atoms with van der Waals surface area (Å²) in [4.78, 5) is 0. The minimum absolute atomic E-state index is 0.181. The average Bonchev–Trinajstić information content (AvgIpc) is 3.40. The highest BCUT2D eigenvalue weighted by Gasteiger charge is 2.26.